The fourth-order valence-corrected chi connectivity index (χ4v) is 3.92. The van der Waals surface area contributed by atoms with Crippen molar-refractivity contribution in [3.8, 4) is 5.75 Å². The molecule has 1 aliphatic carbocycles. The first-order valence-electron chi connectivity index (χ1n) is 9.35. The van der Waals surface area contributed by atoms with Crippen LogP contribution in [0.5, 0.6) is 5.75 Å². The molecule has 142 valence electrons. The van der Waals surface area contributed by atoms with Crippen LogP contribution in [-0.2, 0) is 11.4 Å². The fraction of sp³-hybridized carbons (Fsp3) is 0.450. The van der Waals surface area contributed by atoms with Gasteiger partial charge in [-0.05, 0) is 50.8 Å². The van der Waals surface area contributed by atoms with Crippen LogP contribution in [0.15, 0.2) is 29.6 Å². The maximum atomic E-state index is 13.0. The molecule has 0 spiro atoms. The van der Waals surface area contributed by atoms with E-state index < -0.39 is 0 Å². The molecule has 1 saturated heterocycles. The maximum absolute atomic E-state index is 13.0. The number of rotatable bonds is 6. The van der Waals surface area contributed by atoms with Crippen LogP contribution in [0.25, 0.3) is 0 Å². The molecule has 4 rings (SSSR count). The van der Waals surface area contributed by atoms with Gasteiger partial charge in [0.25, 0.3) is 5.91 Å². The van der Waals surface area contributed by atoms with Crippen molar-refractivity contribution in [2.45, 2.75) is 51.3 Å². The molecule has 1 aromatic heterocycles. The highest BCUT2D eigenvalue weighted by molar-refractivity contribution is 7.09. The number of benzene rings is 1. The molecule has 1 aliphatic heterocycles. The molecule has 2 aliphatic rings. The minimum atomic E-state index is -0.361. The van der Waals surface area contributed by atoms with E-state index in [0.29, 0.717) is 30.5 Å². The van der Waals surface area contributed by atoms with Crippen molar-refractivity contribution >= 4 is 23.2 Å². The second-order valence-electron chi connectivity index (χ2n) is 7.11. The third-order valence-electron chi connectivity index (χ3n) is 4.87. The van der Waals surface area contributed by atoms with E-state index in [9.17, 15) is 9.59 Å². The van der Waals surface area contributed by atoms with Crippen LogP contribution in [0, 0.1) is 6.92 Å². The topological polar surface area (TPSA) is 71.5 Å². The Morgan fingerprint density at radius 3 is 2.93 bits per heavy atom. The summed E-state index contributed by atoms with van der Waals surface area (Å²) in [5, 5.41) is 5.99. The lowest BCUT2D eigenvalue weighted by molar-refractivity contribution is -0.125. The Balaban J connectivity index is 1.42. The van der Waals surface area contributed by atoms with Gasteiger partial charge in [0.05, 0.1) is 10.7 Å². The van der Waals surface area contributed by atoms with Crippen LogP contribution in [-0.4, -0.2) is 40.3 Å². The van der Waals surface area contributed by atoms with Gasteiger partial charge in [0.2, 0.25) is 5.91 Å². The summed E-state index contributed by atoms with van der Waals surface area (Å²) in [6.07, 6.45) is 3.67. The predicted molar refractivity (Wildman–Crippen MR) is 103 cm³/mol. The molecule has 2 aromatic rings. The molecule has 27 heavy (non-hydrogen) atoms. The van der Waals surface area contributed by atoms with E-state index in [0.717, 1.165) is 36.4 Å². The molecular weight excluding hydrogens is 362 g/mol. The number of carbonyl (C=O) groups excluding carboxylic acids is 2. The van der Waals surface area contributed by atoms with E-state index >= 15 is 0 Å². The third-order valence-corrected chi connectivity index (χ3v) is 5.70. The highest BCUT2D eigenvalue weighted by Crippen LogP contribution is 2.25. The highest BCUT2D eigenvalue weighted by atomic mass is 32.1. The molecule has 2 fully saturated rings. The fourth-order valence-electron chi connectivity index (χ4n) is 3.32. The van der Waals surface area contributed by atoms with Crippen LogP contribution in [0.4, 0.5) is 0 Å². The molecule has 2 amide bonds. The summed E-state index contributed by atoms with van der Waals surface area (Å²) < 4.78 is 5.79. The smallest absolute Gasteiger partial charge is 0.254 e. The average Bonchev–Trinajstić information content (AvgIpc) is 3.18. The number of amides is 2. The number of aromatic nitrogens is 1. The van der Waals surface area contributed by atoms with Gasteiger partial charge in [0, 0.05) is 23.5 Å². The minimum absolute atomic E-state index is 0.0188. The van der Waals surface area contributed by atoms with Crippen LogP contribution < -0.4 is 10.1 Å². The summed E-state index contributed by atoms with van der Waals surface area (Å²) in [4.78, 5) is 31.5. The molecule has 1 aromatic carbocycles. The van der Waals surface area contributed by atoms with Gasteiger partial charge in [-0.15, -0.1) is 11.3 Å². The molecular formula is C20H23N3O3S. The maximum Gasteiger partial charge on any atom is 0.254 e. The third kappa shape index (κ3) is 4.30. The monoisotopic (exact) mass is 385 g/mol. The van der Waals surface area contributed by atoms with Crippen LogP contribution >= 0.6 is 11.3 Å². The van der Waals surface area contributed by atoms with Gasteiger partial charge < -0.3 is 15.0 Å². The van der Waals surface area contributed by atoms with Crippen LogP contribution in [0.2, 0.25) is 0 Å². The molecule has 7 heteroatoms. The largest absolute Gasteiger partial charge is 0.487 e. The molecule has 1 N–H and O–H groups in total. The molecule has 1 atom stereocenters. The lowest BCUT2D eigenvalue weighted by Gasteiger charge is -2.24. The van der Waals surface area contributed by atoms with Gasteiger partial charge in [-0.3, -0.25) is 9.59 Å². The van der Waals surface area contributed by atoms with Gasteiger partial charge in [-0.25, -0.2) is 4.98 Å². The number of thiazole rings is 1. The quantitative estimate of drug-likeness (QED) is 0.830. The van der Waals surface area contributed by atoms with Crippen molar-refractivity contribution in [2.24, 2.45) is 0 Å². The molecule has 1 unspecified atom stereocenters. The summed E-state index contributed by atoms with van der Waals surface area (Å²) in [7, 11) is 0. The van der Waals surface area contributed by atoms with E-state index in [1.165, 1.54) is 0 Å². The molecule has 6 nitrogen and oxygen atoms in total. The van der Waals surface area contributed by atoms with Gasteiger partial charge in [0.15, 0.2) is 0 Å². The zero-order chi connectivity index (χ0) is 18.8. The van der Waals surface area contributed by atoms with Gasteiger partial charge in [-0.1, -0.05) is 6.07 Å². The highest BCUT2D eigenvalue weighted by Gasteiger charge is 2.36. The van der Waals surface area contributed by atoms with Crippen molar-refractivity contribution in [2.75, 3.05) is 6.54 Å². The van der Waals surface area contributed by atoms with Crippen molar-refractivity contribution in [1.29, 1.82) is 0 Å². The number of likely N-dealkylation sites (tertiary alicyclic amines) is 1. The Morgan fingerprint density at radius 2 is 2.19 bits per heavy atom. The number of ether oxygens (including phenoxy) is 1. The number of carbonyl (C=O) groups is 2. The summed E-state index contributed by atoms with van der Waals surface area (Å²) >= 11 is 1.59. The zero-order valence-corrected chi connectivity index (χ0v) is 16.1. The molecule has 0 radical (unpaired) electrons. The Bertz CT molecular complexity index is 847. The molecule has 2 heterocycles. The second-order valence-corrected chi connectivity index (χ2v) is 8.18. The van der Waals surface area contributed by atoms with Crippen molar-refractivity contribution in [3.05, 3.63) is 45.9 Å². The summed E-state index contributed by atoms with van der Waals surface area (Å²) in [6.45, 7) is 2.95. The van der Waals surface area contributed by atoms with Crippen molar-refractivity contribution < 1.29 is 14.3 Å². The number of aryl methyl sites for hydroxylation is 1. The zero-order valence-electron chi connectivity index (χ0n) is 15.3. The Labute approximate surface area is 162 Å². The van der Waals surface area contributed by atoms with Gasteiger partial charge in [0.1, 0.15) is 18.4 Å². The lowest BCUT2D eigenvalue weighted by Crippen LogP contribution is -2.46. The number of hydrogen-bond donors (Lipinski definition) is 1. The number of nitrogens with one attached hydrogen (secondary N) is 1. The van der Waals surface area contributed by atoms with E-state index in [1.54, 1.807) is 28.4 Å². The number of nitrogens with zero attached hydrogens (tertiary/aromatic N) is 2. The van der Waals surface area contributed by atoms with Crippen molar-refractivity contribution in [1.82, 2.24) is 15.2 Å². The van der Waals surface area contributed by atoms with E-state index in [-0.39, 0.29) is 17.9 Å². The Kier molecular flexibility index (Phi) is 5.11. The standard InChI is InChI=1S/C20H23N3O3S/c1-13-21-16(12-27-13)11-26-17-5-2-4-14(10-17)20(25)23-9-3-6-18(23)19(24)22-15-7-8-15/h2,4-5,10,12,15,18H,3,6-9,11H2,1H3,(H,22,24). The Hall–Kier alpha value is -2.41. The Morgan fingerprint density at radius 1 is 1.33 bits per heavy atom. The first-order valence-corrected chi connectivity index (χ1v) is 10.2. The van der Waals surface area contributed by atoms with E-state index in [2.05, 4.69) is 10.3 Å². The summed E-state index contributed by atoms with van der Waals surface area (Å²) in [6, 6.07) is 7.11. The SMILES string of the molecule is Cc1nc(COc2cccc(C(=O)N3CCCC3C(=O)NC3CC3)c2)cs1. The molecule has 1 saturated carbocycles. The summed E-state index contributed by atoms with van der Waals surface area (Å²) in [5.41, 5.74) is 1.43. The first kappa shape index (κ1) is 18.0. The average molecular weight is 385 g/mol. The van der Waals surface area contributed by atoms with E-state index in [4.69, 9.17) is 4.74 Å². The second kappa shape index (κ2) is 7.68. The van der Waals surface area contributed by atoms with Gasteiger partial charge >= 0.3 is 0 Å². The predicted octanol–water partition coefficient (Wildman–Crippen LogP) is 2.91. The van der Waals surface area contributed by atoms with Crippen molar-refractivity contribution in [3.63, 3.8) is 0 Å². The van der Waals surface area contributed by atoms with Gasteiger partial charge in [-0.2, -0.15) is 0 Å². The number of hydrogen-bond acceptors (Lipinski definition) is 5. The lowest BCUT2D eigenvalue weighted by atomic mass is 10.1. The normalized spacial score (nSPS) is 19.1. The van der Waals surface area contributed by atoms with Crippen LogP contribution in [0.1, 0.15) is 46.7 Å². The minimum Gasteiger partial charge on any atom is -0.487 e. The first-order chi connectivity index (χ1) is 13.1. The van der Waals surface area contributed by atoms with Crippen LogP contribution in [0.3, 0.4) is 0 Å². The van der Waals surface area contributed by atoms with E-state index in [1.807, 2.05) is 24.4 Å². The summed E-state index contributed by atoms with van der Waals surface area (Å²) in [5.74, 6) is 0.498. The molecule has 0 bridgehead atoms.